The van der Waals surface area contributed by atoms with Crippen LogP contribution in [0.1, 0.15) is 19.8 Å². The van der Waals surface area contributed by atoms with Crippen molar-refractivity contribution in [2.45, 2.75) is 19.8 Å². The monoisotopic (exact) mass is 287 g/mol. The average Bonchev–Trinajstić information content (AvgIpc) is 2.95. The fourth-order valence-electron chi connectivity index (χ4n) is 1.37. The predicted octanol–water partition coefficient (Wildman–Crippen LogP) is 1.47. The predicted molar refractivity (Wildman–Crippen MR) is 69.8 cm³/mol. The molecule has 0 unspecified atom stereocenters. The lowest BCUT2D eigenvalue weighted by molar-refractivity contribution is 0.598. The number of nitrogens with zero attached hydrogens (tertiary/aromatic N) is 3. The highest BCUT2D eigenvalue weighted by atomic mass is 32.2. The van der Waals surface area contributed by atoms with Gasteiger partial charge in [0.05, 0.1) is 16.3 Å². The summed E-state index contributed by atoms with van der Waals surface area (Å²) < 4.78 is 26.2. The summed E-state index contributed by atoms with van der Waals surface area (Å²) in [7, 11) is -3.31. The van der Waals surface area contributed by atoms with Gasteiger partial charge in [0.2, 0.25) is 15.8 Å². The molecule has 0 saturated carbocycles. The van der Waals surface area contributed by atoms with Crippen molar-refractivity contribution in [1.82, 2.24) is 20.6 Å². The van der Waals surface area contributed by atoms with E-state index < -0.39 is 10.0 Å². The third kappa shape index (κ3) is 3.05. The molecule has 0 amide bonds. The van der Waals surface area contributed by atoms with Crippen molar-refractivity contribution in [3.05, 3.63) is 11.4 Å². The van der Waals surface area contributed by atoms with Crippen LogP contribution in [0, 0.1) is 0 Å². The van der Waals surface area contributed by atoms with Crippen LogP contribution < -0.4 is 4.72 Å². The van der Waals surface area contributed by atoms with Crippen LogP contribution in [-0.2, 0) is 10.0 Å². The summed E-state index contributed by atoms with van der Waals surface area (Å²) in [5.41, 5.74) is 0.498. The van der Waals surface area contributed by atoms with Gasteiger partial charge >= 0.3 is 0 Å². The number of aromatic amines is 1. The Bertz CT molecular complexity index is 590. The van der Waals surface area contributed by atoms with E-state index in [1.54, 1.807) is 11.4 Å². The van der Waals surface area contributed by atoms with Crippen molar-refractivity contribution in [3.8, 4) is 10.7 Å². The number of thiophene rings is 1. The molecule has 2 aromatic rings. The highest BCUT2D eigenvalue weighted by Gasteiger charge is 2.16. The average molecular weight is 287 g/mol. The number of tetrazole rings is 1. The Hall–Kier alpha value is -1.48. The van der Waals surface area contributed by atoms with E-state index in [1.807, 2.05) is 6.92 Å². The molecular formula is C9H13N5O2S2. The maximum absolute atomic E-state index is 11.8. The van der Waals surface area contributed by atoms with E-state index >= 15 is 0 Å². The van der Waals surface area contributed by atoms with Crippen molar-refractivity contribution in [3.63, 3.8) is 0 Å². The van der Waals surface area contributed by atoms with Gasteiger partial charge < -0.3 is 0 Å². The topological polar surface area (TPSA) is 101 Å². The second-order valence-corrected chi connectivity index (χ2v) is 6.43. The molecule has 98 valence electrons. The first-order chi connectivity index (χ1) is 8.62. The van der Waals surface area contributed by atoms with E-state index in [0.29, 0.717) is 22.8 Å². The van der Waals surface area contributed by atoms with E-state index in [1.165, 1.54) is 11.3 Å². The van der Waals surface area contributed by atoms with Gasteiger partial charge in [0.15, 0.2) is 0 Å². The summed E-state index contributed by atoms with van der Waals surface area (Å²) in [5.74, 6) is 0.503. The largest absolute Gasteiger partial charge is 0.282 e. The fraction of sp³-hybridized carbons (Fsp3) is 0.444. The minimum atomic E-state index is -3.31. The zero-order valence-electron chi connectivity index (χ0n) is 9.75. The SMILES string of the molecule is CCCCS(=O)(=O)Nc1ccsc1-c1nn[nH]n1. The van der Waals surface area contributed by atoms with Crippen molar-refractivity contribution < 1.29 is 8.42 Å². The van der Waals surface area contributed by atoms with E-state index in [9.17, 15) is 8.42 Å². The smallest absolute Gasteiger partial charge is 0.232 e. The van der Waals surface area contributed by atoms with Gasteiger partial charge in [-0.15, -0.1) is 21.5 Å². The van der Waals surface area contributed by atoms with Crippen LogP contribution in [0.4, 0.5) is 5.69 Å². The van der Waals surface area contributed by atoms with Crippen LogP contribution >= 0.6 is 11.3 Å². The number of aromatic nitrogens is 4. The lowest BCUT2D eigenvalue weighted by Crippen LogP contribution is -2.16. The summed E-state index contributed by atoms with van der Waals surface area (Å²) in [6.45, 7) is 1.95. The fourth-order valence-corrected chi connectivity index (χ4v) is 3.49. The summed E-state index contributed by atoms with van der Waals surface area (Å²) in [5, 5.41) is 15.3. The number of sulfonamides is 1. The summed E-state index contributed by atoms with van der Waals surface area (Å²) in [6.07, 6.45) is 1.47. The van der Waals surface area contributed by atoms with Crippen molar-refractivity contribution in [2.75, 3.05) is 10.5 Å². The van der Waals surface area contributed by atoms with Gasteiger partial charge in [-0.2, -0.15) is 5.21 Å². The molecular weight excluding hydrogens is 274 g/mol. The van der Waals surface area contributed by atoms with Gasteiger partial charge in [-0.05, 0) is 23.1 Å². The number of anilines is 1. The Kier molecular flexibility index (Phi) is 3.92. The normalized spacial score (nSPS) is 11.6. The molecule has 2 heterocycles. The molecule has 0 fully saturated rings. The third-order valence-corrected chi connectivity index (χ3v) is 4.51. The number of hydrogen-bond acceptors (Lipinski definition) is 6. The second kappa shape index (κ2) is 5.44. The molecule has 0 radical (unpaired) electrons. The van der Waals surface area contributed by atoms with Crippen LogP contribution in [0.5, 0.6) is 0 Å². The van der Waals surface area contributed by atoms with Gasteiger partial charge in [-0.1, -0.05) is 13.3 Å². The lowest BCUT2D eigenvalue weighted by Gasteiger charge is -2.06. The Morgan fingerprint density at radius 2 is 2.33 bits per heavy atom. The zero-order chi connectivity index (χ0) is 13.0. The molecule has 0 bridgehead atoms. The van der Waals surface area contributed by atoms with Crippen LogP contribution in [0.25, 0.3) is 10.7 Å². The Morgan fingerprint density at radius 3 is 3.00 bits per heavy atom. The maximum Gasteiger partial charge on any atom is 0.232 e. The van der Waals surface area contributed by atoms with Gasteiger partial charge in [-0.25, -0.2) is 8.42 Å². The van der Waals surface area contributed by atoms with E-state index in [2.05, 4.69) is 25.3 Å². The van der Waals surface area contributed by atoms with Gasteiger partial charge in [0, 0.05) is 0 Å². The van der Waals surface area contributed by atoms with E-state index in [4.69, 9.17) is 0 Å². The number of hydrogen-bond donors (Lipinski definition) is 2. The minimum Gasteiger partial charge on any atom is -0.282 e. The Morgan fingerprint density at radius 1 is 1.50 bits per heavy atom. The van der Waals surface area contributed by atoms with Crippen LogP contribution in [0.2, 0.25) is 0 Å². The van der Waals surface area contributed by atoms with Crippen molar-refractivity contribution in [2.24, 2.45) is 0 Å². The minimum absolute atomic E-state index is 0.116. The van der Waals surface area contributed by atoms with Crippen molar-refractivity contribution >= 4 is 27.0 Å². The summed E-state index contributed by atoms with van der Waals surface area (Å²) in [4.78, 5) is 0.656. The third-order valence-electron chi connectivity index (χ3n) is 2.25. The molecule has 0 aliphatic rings. The molecule has 0 aliphatic heterocycles. The number of rotatable bonds is 6. The molecule has 2 N–H and O–H groups in total. The Balaban J connectivity index is 2.18. The standard InChI is InChI=1S/C9H13N5O2S2/c1-2-3-6-18(15,16)12-7-4-5-17-8(7)9-10-13-14-11-9/h4-5,12H,2-3,6H2,1H3,(H,10,11,13,14). The quantitative estimate of drug-likeness (QED) is 0.838. The van der Waals surface area contributed by atoms with Crippen LogP contribution in [0.3, 0.4) is 0 Å². The lowest BCUT2D eigenvalue weighted by atomic mass is 10.4. The first-order valence-electron chi connectivity index (χ1n) is 5.44. The van der Waals surface area contributed by atoms with Crippen LogP contribution in [0.15, 0.2) is 11.4 Å². The molecule has 18 heavy (non-hydrogen) atoms. The molecule has 2 rings (SSSR count). The summed E-state index contributed by atoms with van der Waals surface area (Å²) >= 11 is 1.36. The van der Waals surface area contributed by atoms with Crippen LogP contribution in [-0.4, -0.2) is 34.8 Å². The molecule has 2 aromatic heterocycles. The summed E-state index contributed by atoms with van der Waals surface area (Å²) in [6, 6.07) is 1.69. The molecule has 0 aromatic carbocycles. The second-order valence-electron chi connectivity index (χ2n) is 3.67. The highest BCUT2D eigenvalue weighted by molar-refractivity contribution is 7.92. The van der Waals surface area contributed by atoms with Gasteiger partial charge in [0.1, 0.15) is 0 Å². The molecule has 0 aliphatic carbocycles. The number of unbranched alkanes of at least 4 members (excludes halogenated alkanes) is 1. The first-order valence-corrected chi connectivity index (χ1v) is 7.97. The highest BCUT2D eigenvalue weighted by Crippen LogP contribution is 2.31. The first kappa shape index (κ1) is 13.0. The van der Waals surface area contributed by atoms with Gasteiger partial charge in [0.25, 0.3) is 0 Å². The maximum atomic E-state index is 11.8. The molecule has 0 spiro atoms. The number of nitrogens with one attached hydrogen (secondary N) is 2. The number of H-pyrrole nitrogens is 1. The molecule has 0 saturated heterocycles. The van der Waals surface area contributed by atoms with Crippen molar-refractivity contribution in [1.29, 1.82) is 0 Å². The molecule has 9 heteroatoms. The van der Waals surface area contributed by atoms with Gasteiger partial charge in [-0.3, -0.25) is 4.72 Å². The zero-order valence-corrected chi connectivity index (χ0v) is 11.4. The Labute approximate surface area is 109 Å². The van der Waals surface area contributed by atoms with E-state index in [0.717, 1.165) is 6.42 Å². The molecule has 7 nitrogen and oxygen atoms in total. The molecule has 0 atom stereocenters. The van der Waals surface area contributed by atoms with E-state index in [-0.39, 0.29) is 5.75 Å².